The van der Waals surface area contributed by atoms with E-state index in [1.807, 2.05) is 35.2 Å². The molecule has 1 saturated heterocycles. The summed E-state index contributed by atoms with van der Waals surface area (Å²) in [4.78, 5) is 26.5. The SMILES string of the molecule is Cc1ccc(CCC(=O)NC2CCN(C(=O)c3ccccc3)CC2)cc1. The second kappa shape index (κ2) is 8.65. The van der Waals surface area contributed by atoms with Gasteiger partial charge in [-0.05, 0) is 43.9 Å². The zero-order valence-electron chi connectivity index (χ0n) is 15.3. The van der Waals surface area contributed by atoms with E-state index < -0.39 is 0 Å². The Morgan fingerprint density at radius 2 is 1.65 bits per heavy atom. The maximum atomic E-state index is 12.5. The van der Waals surface area contributed by atoms with Crippen LogP contribution in [0.1, 0.15) is 40.7 Å². The Labute approximate surface area is 155 Å². The van der Waals surface area contributed by atoms with Crippen LogP contribution in [0.15, 0.2) is 54.6 Å². The lowest BCUT2D eigenvalue weighted by Gasteiger charge is -2.32. The second-order valence-electron chi connectivity index (χ2n) is 6.99. The minimum Gasteiger partial charge on any atom is -0.353 e. The van der Waals surface area contributed by atoms with Crippen molar-refractivity contribution in [3.8, 4) is 0 Å². The molecule has 3 rings (SSSR count). The van der Waals surface area contributed by atoms with E-state index in [4.69, 9.17) is 0 Å². The first-order chi connectivity index (χ1) is 12.6. The van der Waals surface area contributed by atoms with Gasteiger partial charge < -0.3 is 10.2 Å². The molecule has 0 spiro atoms. The fourth-order valence-corrected chi connectivity index (χ4v) is 3.30. The average Bonchev–Trinajstić information content (AvgIpc) is 2.68. The Morgan fingerprint density at radius 1 is 1.00 bits per heavy atom. The van der Waals surface area contributed by atoms with Gasteiger partial charge in [-0.2, -0.15) is 0 Å². The summed E-state index contributed by atoms with van der Waals surface area (Å²) in [6, 6.07) is 17.9. The van der Waals surface area contributed by atoms with Crippen LogP contribution < -0.4 is 5.32 Å². The number of rotatable bonds is 5. The van der Waals surface area contributed by atoms with Crippen molar-refractivity contribution in [2.75, 3.05) is 13.1 Å². The lowest BCUT2D eigenvalue weighted by Crippen LogP contribution is -2.46. The molecule has 0 radical (unpaired) electrons. The van der Waals surface area contributed by atoms with Crippen molar-refractivity contribution in [3.63, 3.8) is 0 Å². The number of hydrogen-bond donors (Lipinski definition) is 1. The van der Waals surface area contributed by atoms with Gasteiger partial charge in [-0.25, -0.2) is 0 Å². The van der Waals surface area contributed by atoms with E-state index in [1.165, 1.54) is 11.1 Å². The van der Waals surface area contributed by atoms with Gasteiger partial charge in [-0.1, -0.05) is 48.0 Å². The van der Waals surface area contributed by atoms with Crippen LogP contribution in [-0.2, 0) is 11.2 Å². The van der Waals surface area contributed by atoms with Crippen molar-refractivity contribution in [3.05, 3.63) is 71.3 Å². The largest absolute Gasteiger partial charge is 0.353 e. The van der Waals surface area contributed by atoms with Gasteiger partial charge in [0.1, 0.15) is 0 Å². The van der Waals surface area contributed by atoms with Crippen LogP contribution in [0.25, 0.3) is 0 Å². The predicted molar refractivity (Wildman–Crippen MR) is 103 cm³/mol. The number of benzene rings is 2. The lowest BCUT2D eigenvalue weighted by atomic mass is 10.0. The van der Waals surface area contributed by atoms with Crippen molar-refractivity contribution in [2.45, 2.75) is 38.6 Å². The molecule has 0 bridgehead atoms. The van der Waals surface area contributed by atoms with Gasteiger partial charge >= 0.3 is 0 Å². The Morgan fingerprint density at radius 3 is 2.31 bits per heavy atom. The summed E-state index contributed by atoms with van der Waals surface area (Å²) in [5.41, 5.74) is 3.15. The van der Waals surface area contributed by atoms with E-state index in [0.29, 0.717) is 19.5 Å². The Hall–Kier alpha value is -2.62. The van der Waals surface area contributed by atoms with Gasteiger partial charge in [0, 0.05) is 31.1 Å². The van der Waals surface area contributed by atoms with Gasteiger partial charge in [0.25, 0.3) is 5.91 Å². The fraction of sp³-hybridized carbons (Fsp3) is 0.364. The summed E-state index contributed by atoms with van der Waals surface area (Å²) in [5.74, 6) is 0.174. The van der Waals surface area contributed by atoms with Crippen LogP contribution in [0.2, 0.25) is 0 Å². The zero-order chi connectivity index (χ0) is 18.4. The molecule has 4 heteroatoms. The van der Waals surface area contributed by atoms with E-state index in [9.17, 15) is 9.59 Å². The minimum absolute atomic E-state index is 0.0785. The number of carbonyl (C=O) groups is 2. The van der Waals surface area contributed by atoms with Gasteiger partial charge in [0.05, 0.1) is 0 Å². The molecule has 2 amide bonds. The number of amides is 2. The lowest BCUT2D eigenvalue weighted by molar-refractivity contribution is -0.122. The van der Waals surface area contributed by atoms with E-state index in [1.54, 1.807) is 0 Å². The van der Waals surface area contributed by atoms with Crippen LogP contribution >= 0.6 is 0 Å². The molecule has 26 heavy (non-hydrogen) atoms. The van der Waals surface area contributed by atoms with Crippen molar-refractivity contribution >= 4 is 11.8 Å². The van der Waals surface area contributed by atoms with E-state index in [0.717, 1.165) is 24.8 Å². The third-order valence-corrected chi connectivity index (χ3v) is 4.93. The summed E-state index contributed by atoms with van der Waals surface area (Å²) in [5, 5.41) is 3.12. The standard InChI is InChI=1S/C22H26N2O2/c1-17-7-9-18(10-8-17)11-12-21(25)23-20-13-15-24(16-14-20)22(26)19-5-3-2-4-6-19/h2-10,20H,11-16H2,1H3,(H,23,25). The highest BCUT2D eigenvalue weighted by Crippen LogP contribution is 2.14. The molecule has 0 saturated carbocycles. The Kier molecular flexibility index (Phi) is 6.05. The number of nitrogens with zero attached hydrogens (tertiary/aromatic N) is 1. The fourth-order valence-electron chi connectivity index (χ4n) is 3.30. The molecule has 0 aromatic heterocycles. The molecular weight excluding hydrogens is 324 g/mol. The number of likely N-dealkylation sites (tertiary alicyclic amines) is 1. The van der Waals surface area contributed by atoms with Crippen molar-refractivity contribution < 1.29 is 9.59 Å². The molecule has 0 aliphatic carbocycles. The van der Waals surface area contributed by atoms with Crippen molar-refractivity contribution in [1.82, 2.24) is 10.2 Å². The van der Waals surface area contributed by atoms with E-state index >= 15 is 0 Å². The van der Waals surface area contributed by atoms with Crippen LogP contribution in [-0.4, -0.2) is 35.8 Å². The van der Waals surface area contributed by atoms with E-state index in [-0.39, 0.29) is 17.9 Å². The first-order valence-electron chi connectivity index (χ1n) is 9.31. The molecule has 1 fully saturated rings. The normalized spacial score (nSPS) is 14.9. The zero-order valence-corrected chi connectivity index (χ0v) is 15.3. The Balaban J connectivity index is 1.41. The highest BCUT2D eigenvalue weighted by Gasteiger charge is 2.24. The molecule has 1 N–H and O–H groups in total. The molecular formula is C22H26N2O2. The molecule has 2 aromatic rings. The predicted octanol–water partition coefficient (Wildman–Crippen LogP) is 3.35. The first-order valence-corrected chi connectivity index (χ1v) is 9.31. The number of piperidine rings is 1. The van der Waals surface area contributed by atoms with Crippen LogP contribution in [0.4, 0.5) is 0 Å². The molecule has 4 nitrogen and oxygen atoms in total. The van der Waals surface area contributed by atoms with Gasteiger partial charge in [-0.15, -0.1) is 0 Å². The number of aryl methyl sites for hydroxylation is 2. The second-order valence-corrected chi connectivity index (χ2v) is 6.99. The van der Waals surface area contributed by atoms with Gasteiger partial charge in [-0.3, -0.25) is 9.59 Å². The summed E-state index contributed by atoms with van der Waals surface area (Å²) in [6.07, 6.45) is 2.90. The van der Waals surface area contributed by atoms with Crippen molar-refractivity contribution in [2.24, 2.45) is 0 Å². The summed E-state index contributed by atoms with van der Waals surface area (Å²) < 4.78 is 0. The maximum Gasteiger partial charge on any atom is 0.253 e. The summed E-state index contributed by atoms with van der Waals surface area (Å²) in [6.45, 7) is 3.44. The summed E-state index contributed by atoms with van der Waals surface area (Å²) in [7, 11) is 0. The molecule has 136 valence electrons. The average molecular weight is 350 g/mol. The quantitative estimate of drug-likeness (QED) is 0.899. The van der Waals surface area contributed by atoms with Crippen LogP contribution in [0.5, 0.6) is 0 Å². The topological polar surface area (TPSA) is 49.4 Å². The highest BCUT2D eigenvalue weighted by molar-refractivity contribution is 5.94. The van der Waals surface area contributed by atoms with E-state index in [2.05, 4.69) is 36.5 Å². The molecule has 2 aromatic carbocycles. The third kappa shape index (κ3) is 4.94. The summed E-state index contributed by atoms with van der Waals surface area (Å²) >= 11 is 0. The van der Waals surface area contributed by atoms with Gasteiger partial charge in [0.2, 0.25) is 5.91 Å². The first kappa shape index (κ1) is 18.2. The van der Waals surface area contributed by atoms with Crippen LogP contribution in [0.3, 0.4) is 0 Å². The highest BCUT2D eigenvalue weighted by atomic mass is 16.2. The van der Waals surface area contributed by atoms with Crippen LogP contribution in [0, 0.1) is 6.92 Å². The minimum atomic E-state index is 0.0785. The maximum absolute atomic E-state index is 12.5. The number of hydrogen-bond acceptors (Lipinski definition) is 2. The molecule has 1 aliphatic heterocycles. The molecule has 1 aliphatic rings. The number of nitrogens with one attached hydrogen (secondary N) is 1. The van der Waals surface area contributed by atoms with Crippen molar-refractivity contribution in [1.29, 1.82) is 0 Å². The number of carbonyl (C=O) groups excluding carboxylic acids is 2. The monoisotopic (exact) mass is 350 g/mol. The molecule has 0 unspecified atom stereocenters. The molecule has 1 heterocycles. The Bertz CT molecular complexity index is 732. The third-order valence-electron chi connectivity index (χ3n) is 4.93. The molecule has 0 atom stereocenters. The van der Waals surface area contributed by atoms with Gasteiger partial charge in [0.15, 0.2) is 0 Å². The smallest absolute Gasteiger partial charge is 0.253 e.